The molecule has 3 aromatic carbocycles. The second-order valence-corrected chi connectivity index (χ2v) is 6.65. The molecule has 5 heteroatoms. The van der Waals surface area contributed by atoms with Gasteiger partial charge in [-0.05, 0) is 55.0 Å². The number of methoxy groups -OCH3 is 1. The molecule has 1 aromatic heterocycles. The number of nitrogens with zero attached hydrogens (tertiary/aromatic N) is 2. The van der Waals surface area contributed by atoms with Gasteiger partial charge in [0.2, 0.25) is 0 Å². The van der Waals surface area contributed by atoms with E-state index in [9.17, 15) is 0 Å². The minimum atomic E-state index is 0.429. The molecule has 4 aromatic rings. The minimum absolute atomic E-state index is 0.429. The molecule has 0 atom stereocenters. The predicted octanol–water partition coefficient (Wildman–Crippen LogP) is 5.09. The lowest BCUT2D eigenvalue weighted by Gasteiger charge is -2.11. The van der Waals surface area contributed by atoms with Crippen molar-refractivity contribution in [2.24, 2.45) is 0 Å². The Labute approximate surface area is 170 Å². The standard InChI is InChI=1S/C24H24N2O3/c1-27-19-12-14-21(15-13-19)28-17-7-16-26-23-11-6-5-10-22(23)25-24(26)18-29-20-8-3-2-4-9-20/h2-6,8-15H,7,16-18H2,1H3. The molecule has 0 bridgehead atoms. The average Bonchev–Trinajstić information content (AvgIpc) is 3.14. The fraction of sp³-hybridized carbons (Fsp3) is 0.208. The first-order valence-electron chi connectivity index (χ1n) is 9.72. The second-order valence-electron chi connectivity index (χ2n) is 6.65. The fourth-order valence-electron chi connectivity index (χ4n) is 3.23. The van der Waals surface area contributed by atoms with Crippen LogP contribution < -0.4 is 14.2 Å². The van der Waals surface area contributed by atoms with Gasteiger partial charge in [0.15, 0.2) is 0 Å². The fourth-order valence-corrected chi connectivity index (χ4v) is 3.23. The molecule has 0 aliphatic rings. The molecule has 5 nitrogen and oxygen atoms in total. The van der Waals surface area contributed by atoms with E-state index in [1.807, 2.05) is 72.8 Å². The number of aryl methyl sites for hydroxylation is 1. The lowest BCUT2D eigenvalue weighted by molar-refractivity contribution is 0.280. The Balaban J connectivity index is 1.41. The van der Waals surface area contributed by atoms with Crippen LogP contribution in [0.5, 0.6) is 17.2 Å². The Morgan fingerprint density at radius 3 is 2.24 bits per heavy atom. The van der Waals surface area contributed by atoms with E-state index in [0.717, 1.165) is 47.1 Å². The van der Waals surface area contributed by atoms with Crippen molar-refractivity contribution in [1.82, 2.24) is 9.55 Å². The van der Waals surface area contributed by atoms with Gasteiger partial charge in [-0.1, -0.05) is 30.3 Å². The molecule has 0 radical (unpaired) electrons. The van der Waals surface area contributed by atoms with Gasteiger partial charge in [-0.15, -0.1) is 0 Å². The SMILES string of the molecule is COc1ccc(OCCCn2c(COc3ccccc3)nc3ccccc32)cc1. The maximum Gasteiger partial charge on any atom is 0.147 e. The molecule has 0 aliphatic heterocycles. The third kappa shape index (κ3) is 4.69. The van der Waals surface area contributed by atoms with E-state index >= 15 is 0 Å². The summed E-state index contributed by atoms with van der Waals surface area (Å²) in [5.74, 6) is 3.42. The Hall–Kier alpha value is -3.47. The summed E-state index contributed by atoms with van der Waals surface area (Å²) in [7, 11) is 1.66. The van der Waals surface area contributed by atoms with Crippen molar-refractivity contribution < 1.29 is 14.2 Å². The van der Waals surface area contributed by atoms with Crippen LogP contribution in [0.25, 0.3) is 11.0 Å². The zero-order chi connectivity index (χ0) is 19.9. The van der Waals surface area contributed by atoms with Crippen molar-refractivity contribution >= 4 is 11.0 Å². The van der Waals surface area contributed by atoms with Crippen molar-refractivity contribution in [3.8, 4) is 17.2 Å². The van der Waals surface area contributed by atoms with Gasteiger partial charge in [0.1, 0.15) is 29.7 Å². The summed E-state index contributed by atoms with van der Waals surface area (Å²) in [6.07, 6.45) is 0.866. The number of para-hydroxylation sites is 3. The van der Waals surface area contributed by atoms with E-state index in [-0.39, 0.29) is 0 Å². The van der Waals surface area contributed by atoms with Crippen molar-refractivity contribution in [1.29, 1.82) is 0 Å². The maximum absolute atomic E-state index is 5.93. The number of benzene rings is 3. The summed E-state index contributed by atoms with van der Waals surface area (Å²) in [4.78, 5) is 4.77. The van der Waals surface area contributed by atoms with Gasteiger partial charge < -0.3 is 18.8 Å². The number of imidazole rings is 1. The van der Waals surface area contributed by atoms with E-state index in [2.05, 4.69) is 10.6 Å². The van der Waals surface area contributed by atoms with E-state index in [4.69, 9.17) is 19.2 Å². The van der Waals surface area contributed by atoms with Crippen LogP contribution in [0.4, 0.5) is 0 Å². The molecule has 1 heterocycles. The normalized spacial score (nSPS) is 10.8. The zero-order valence-electron chi connectivity index (χ0n) is 16.5. The van der Waals surface area contributed by atoms with Crippen LogP contribution in [0.2, 0.25) is 0 Å². The third-order valence-electron chi connectivity index (χ3n) is 4.70. The van der Waals surface area contributed by atoms with Gasteiger partial charge in [0.25, 0.3) is 0 Å². The molecule has 0 unspecified atom stereocenters. The molecular formula is C24H24N2O3. The van der Waals surface area contributed by atoms with Crippen molar-refractivity contribution in [2.75, 3.05) is 13.7 Å². The van der Waals surface area contributed by atoms with Crippen molar-refractivity contribution in [2.45, 2.75) is 19.6 Å². The zero-order valence-corrected chi connectivity index (χ0v) is 16.5. The van der Waals surface area contributed by atoms with E-state index in [0.29, 0.717) is 13.2 Å². The van der Waals surface area contributed by atoms with Gasteiger partial charge in [-0.2, -0.15) is 0 Å². The van der Waals surface area contributed by atoms with Crippen molar-refractivity contribution in [3.05, 3.63) is 84.7 Å². The Kier molecular flexibility index (Phi) is 5.95. The first-order chi connectivity index (χ1) is 14.3. The van der Waals surface area contributed by atoms with Crippen LogP contribution in [-0.4, -0.2) is 23.3 Å². The third-order valence-corrected chi connectivity index (χ3v) is 4.70. The van der Waals surface area contributed by atoms with Crippen LogP contribution in [0.3, 0.4) is 0 Å². The molecule has 0 N–H and O–H groups in total. The maximum atomic E-state index is 5.93. The quantitative estimate of drug-likeness (QED) is 0.375. The van der Waals surface area contributed by atoms with Crippen LogP contribution in [0.1, 0.15) is 12.2 Å². The molecule has 0 saturated carbocycles. The molecule has 148 valence electrons. The summed E-state index contributed by atoms with van der Waals surface area (Å²) in [5.41, 5.74) is 2.10. The van der Waals surface area contributed by atoms with Gasteiger partial charge in [-0.3, -0.25) is 0 Å². The highest BCUT2D eigenvalue weighted by atomic mass is 16.5. The molecule has 0 spiro atoms. The van der Waals surface area contributed by atoms with Gasteiger partial charge in [0.05, 0.1) is 24.8 Å². The molecule has 29 heavy (non-hydrogen) atoms. The smallest absolute Gasteiger partial charge is 0.147 e. The topological polar surface area (TPSA) is 45.5 Å². The highest BCUT2D eigenvalue weighted by molar-refractivity contribution is 5.75. The summed E-state index contributed by atoms with van der Waals surface area (Å²) in [5, 5.41) is 0. The first-order valence-corrected chi connectivity index (χ1v) is 9.72. The summed E-state index contributed by atoms with van der Waals surface area (Å²) < 4.78 is 19.2. The van der Waals surface area contributed by atoms with Crippen LogP contribution in [0.15, 0.2) is 78.9 Å². The molecular weight excluding hydrogens is 364 g/mol. The molecule has 4 rings (SSSR count). The Morgan fingerprint density at radius 1 is 0.759 bits per heavy atom. The molecule has 0 fully saturated rings. The summed E-state index contributed by atoms with van der Waals surface area (Å²) >= 11 is 0. The average molecular weight is 388 g/mol. The number of hydrogen-bond donors (Lipinski definition) is 0. The van der Waals surface area contributed by atoms with Crippen LogP contribution in [0, 0.1) is 0 Å². The molecule has 0 saturated heterocycles. The second kappa shape index (κ2) is 9.15. The largest absolute Gasteiger partial charge is 0.497 e. The highest BCUT2D eigenvalue weighted by Crippen LogP contribution is 2.20. The van der Waals surface area contributed by atoms with Crippen molar-refractivity contribution in [3.63, 3.8) is 0 Å². The summed E-state index contributed by atoms with van der Waals surface area (Å²) in [6, 6.07) is 25.6. The van der Waals surface area contributed by atoms with Gasteiger partial charge in [0, 0.05) is 6.54 Å². The highest BCUT2D eigenvalue weighted by Gasteiger charge is 2.11. The lowest BCUT2D eigenvalue weighted by atomic mass is 10.3. The number of aromatic nitrogens is 2. The van der Waals surface area contributed by atoms with Crippen LogP contribution in [-0.2, 0) is 13.2 Å². The van der Waals surface area contributed by atoms with E-state index < -0.39 is 0 Å². The number of rotatable bonds is 9. The molecule has 0 amide bonds. The monoisotopic (exact) mass is 388 g/mol. The van der Waals surface area contributed by atoms with Gasteiger partial charge >= 0.3 is 0 Å². The predicted molar refractivity (Wildman–Crippen MR) is 114 cm³/mol. The van der Waals surface area contributed by atoms with E-state index in [1.165, 1.54) is 0 Å². The van der Waals surface area contributed by atoms with Crippen LogP contribution >= 0.6 is 0 Å². The lowest BCUT2D eigenvalue weighted by Crippen LogP contribution is -2.10. The minimum Gasteiger partial charge on any atom is -0.497 e. The Morgan fingerprint density at radius 2 is 1.45 bits per heavy atom. The van der Waals surface area contributed by atoms with Gasteiger partial charge in [-0.25, -0.2) is 4.98 Å². The molecule has 0 aliphatic carbocycles. The Bertz CT molecular complexity index is 1040. The first kappa shape index (κ1) is 18.9. The number of ether oxygens (including phenoxy) is 3. The van der Waals surface area contributed by atoms with E-state index in [1.54, 1.807) is 7.11 Å². The summed E-state index contributed by atoms with van der Waals surface area (Å²) in [6.45, 7) is 1.86. The number of hydrogen-bond acceptors (Lipinski definition) is 4. The number of fused-ring (bicyclic) bond motifs is 1.